The van der Waals surface area contributed by atoms with Crippen LogP contribution in [0.2, 0.25) is 0 Å². The van der Waals surface area contributed by atoms with Crippen molar-refractivity contribution in [2.45, 2.75) is 25.7 Å². The highest BCUT2D eigenvalue weighted by molar-refractivity contribution is 5.89. The molecule has 5 heteroatoms. The van der Waals surface area contributed by atoms with Crippen LogP contribution in [0.5, 0.6) is 5.75 Å². The molecule has 3 heterocycles. The molecule has 0 spiro atoms. The van der Waals surface area contributed by atoms with E-state index in [9.17, 15) is 4.79 Å². The number of hydrogen-bond acceptors (Lipinski definition) is 3. The SMILES string of the molecule is O=c1[nH]c2ccccc2cc1-c1cc2cc(OCCCN3CCCCC3)ccc2[nH]1. The van der Waals surface area contributed by atoms with E-state index in [1.807, 2.05) is 54.6 Å². The fraction of sp³-hybridized carbons (Fsp3) is 0.320. The summed E-state index contributed by atoms with van der Waals surface area (Å²) in [5, 5.41) is 2.06. The topological polar surface area (TPSA) is 61.1 Å². The number of H-pyrrole nitrogens is 2. The van der Waals surface area contributed by atoms with E-state index in [-0.39, 0.29) is 5.56 Å². The van der Waals surface area contributed by atoms with E-state index in [4.69, 9.17) is 4.74 Å². The number of fused-ring (bicyclic) bond motifs is 2. The van der Waals surface area contributed by atoms with Crippen LogP contribution >= 0.6 is 0 Å². The van der Waals surface area contributed by atoms with Crippen molar-refractivity contribution < 1.29 is 4.74 Å². The molecular formula is C25H27N3O2. The molecule has 1 saturated heterocycles. The summed E-state index contributed by atoms with van der Waals surface area (Å²) in [6.45, 7) is 4.29. The zero-order chi connectivity index (χ0) is 20.3. The Labute approximate surface area is 175 Å². The van der Waals surface area contributed by atoms with E-state index in [1.165, 1.54) is 32.4 Å². The largest absolute Gasteiger partial charge is 0.494 e. The lowest BCUT2D eigenvalue weighted by Crippen LogP contribution is -2.31. The smallest absolute Gasteiger partial charge is 0.257 e. The van der Waals surface area contributed by atoms with Crippen LogP contribution in [0.25, 0.3) is 33.1 Å². The van der Waals surface area contributed by atoms with E-state index in [1.54, 1.807) is 0 Å². The highest BCUT2D eigenvalue weighted by Gasteiger charge is 2.11. The molecule has 0 saturated carbocycles. The molecule has 0 bridgehead atoms. The standard InChI is InChI=1S/C25H27N3O2/c29-25-21(16-18-7-2-3-8-22(18)27-25)24-17-19-15-20(9-10-23(19)26-24)30-14-6-13-28-11-4-1-5-12-28/h2-3,7-10,15-17,26H,1,4-6,11-14H2,(H,27,29). The number of piperidine rings is 1. The molecule has 1 fully saturated rings. The highest BCUT2D eigenvalue weighted by Crippen LogP contribution is 2.27. The molecule has 1 aliphatic heterocycles. The van der Waals surface area contributed by atoms with E-state index in [0.29, 0.717) is 5.56 Å². The molecule has 2 N–H and O–H groups in total. The van der Waals surface area contributed by atoms with Gasteiger partial charge in [-0.2, -0.15) is 0 Å². The molecule has 30 heavy (non-hydrogen) atoms. The second-order valence-electron chi connectivity index (χ2n) is 8.14. The molecule has 5 rings (SSSR count). The number of ether oxygens (including phenoxy) is 1. The van der Waals surface area contributed by atoms with Crippen molar-refractivity contribution >= 4 is 21.8 Å². The second kappa shape index (κ2) is 8.36. The van der Waals surface area contributed by atoms with Gasteiger partial charge in [0.2, 0.25) is 0 Å². The Morgan fingerprint density at radius 3 is 2.60 bits per heavy atom. The van der Waals surface area contributed by atoms with Crippen LogP contribution in [-0.2, 0) is 0 Å². The quantitative estimate of drug-likeness (QED) is 0.450. The molecule has 0 aliphatic carbocycles. The Hall–Kier alpha value is -3.05. The molecule has 5 nitrogen and oxygen atoms in total. The first-order valence-electron chi connectivity index (χ1n) is 10.9. The second-order valence-corrected chi connectivity index (χ2v) is 8.14. The number of benzene rings is 2. The molecule has 0 unspecified atom stereocenters. The monoisotopic (exact) mass is 401 g/mol. The predicted octanol–water partition coefficient (Wildman–Crippen LogP) is 4.93. The van der Waals surface area contributed by atoms with Crippen LogP contribution < -0.4 is 10.3 Å². The molecule has 0 atom stereocenters. The molecule has 2 aromatic heterocycles. The van der Waals surface area contributed by atoms with E-state index < -0.39 is 0 Å². The number of aromatic nitrogens is 2. The third kappa shape index (κ3) is 3.98. The molecule has 0 amide bonds. The minimum Gasteiger partial charge on any atom is -0.494 e. The zero-order valence-electron chi connectivity index (χ0n) is 17.1. The van der Waals surface area contributed by atoms with Gasteiger partial charge in [0.1, 0.15) is 5.75 Å². The molecular weight excluding hydrogens is 374 g/mol. The van der Waals surface area contributed by atoms with Crippen LogP contribution in [0.15, 0.2) is 59.4 Å². The highest BCUT2D eigenvalue weighted by atomic mass is 16.5. The summed E-state index contributed by atoms with van der Waals surface area (Å²) in [7, 11) is 0. The van der Waals surface area contributed by atoms with Gasteiger partial charge in [-0.3, -0.25) is 4.79 Å². The van der Waals surface area contributed by atoms with Crippen LogP contribution in [0, 0.1) is 0 Å². The lowest BCUT2D eigenvalue weighted by molar-refractivity contribution is 0.205. The van der Waals surface area contributed by atoms with Crippen LogP contribution in [0.4, 0.5) is 0 Å². The first-order chi connectivity index (χ1) is 14.8. The third-order valence-electron chi connectivity index (χ3n) is 5.97. The van der Waals surface area contributed by atoms with Gasteiger partial charge in [-0.15, -0.1) is 0 Å². The van der Waals surface area contributed by atoms with Gasteiger partial charge in [-0.1, -0.05) is 24.6 Å². The summed E-state index contributed by atoms with van der Waals surface area (Å²) >= 11 is 0. The maximum Gasteiger partial charge on any atom is 0.257 e. The number of likely N-dealkylation sites (tertiary alicyclic amines) is 1. The molecule has 2 aromatic carbocycles. The van der Waals surface area contributed by atoms with Gasteiger partial charge in [0.05, 0.1) is 17.9 Å². The van der Waals surface area contributed by atoms with Crippen LogP contribution in [0.1, 0.15) is 25.7 Å². The lowest BCUT2D eigenvalue weighted by Gasteiger charge is -2.26. The molecule has 154 valence electrons. The summed E-state index contributed by atoms with van der Waals surface area (Å²) < 4.78 is 5.99. The van der Waals surface area contributed by atoms with Crippen molar-refractivity contribution in [1.29, 1.82) is 0 Å². The Balaban J connectivity index is 1.30. The maximum absolute atomic E-state index is 12.6. The summed E-state index contributed by atoms with van der Waals surface area (Å²) in [5.74, 6) is 0.874. The Morgan fingerprint density at radius 1 is 0.867 bits per heavy atom. The first-order valence-corrected chi connectivity index (χ1v) is 10.9. The lowest BCUT2D eigenvalue weighted by atomic mass is 10.1. The molecule has 0 radical (unpaired) electrons. The van der Waals surface area contributed by atoms with Crippen LogP contribution in [0.3, 0.4) is 0 Å². The van der Waals surface area contributed by atoms with Gasteiger partial charge in [0.15, 0.2) is 0 Å². The summed E-state index contributed by atoms with van der Waals surface area (Å²) in [6.07, 6.45) is 5.07. The van der Waals surface area contributed by atoms with Crippen molar-refractivity contribution in [2.24, 2.45) is 0 Å². The number of hydrogen-bond donors (Lipinski definition) is 2. The summed E-state index contributed by atoms with van der Waals surface area (Å²) in [4.78, 5) is 21.5. The number of nitrogens with one attached hydrogen (secondary N) is 2. The Kier molecular flexibility index (Phi) is 5.28. The first kappa shape index (κ1) is 18.9. The number of nitrogens with zero attached hydrogens (tertiary/aromatic N) is 1. The van der Waals surface area contributed by atoms with E-state index in [0.717, 1.165) is 52.8 Å². The van der Waals surface area contributed by atoms with Gasteiger partial charge < -0.3 is 19.6 Å². The van der Waals surface area contributed by atoms with Crippen molar-refractivity contribution in [2.75, 3.05) is 26.2 Å². The molecule has 4 aromatic rings. The predicted molar refractivity (Wildman–Crippen MR) is 122 cm³/mol. The van der Waals surface area contributed by atoms with Gasteiger partial charge in [0, 0.05) is 23.0 Å². The normalized spacial score (nSPS) is 15.1. The Morgan fingerprint density at radius 2 is 1.70 bits per heavy atom. The van der Waals surface area contributed by atoms with Crippen molar-refractivity contribution in [3.63, 3.8) is 0 Å². The summed E-state index contributed by atoms with van der Waals surface area (Å²) in [5.41, 5.74) is 3.23. The minimum atomic E-state index is -0.0885. The summed E-state index contributed by atoms with van der Waals surface area (Å²) in [6, 6.07) is 17.9. The fourth-order valence-corrected chi connectivity index (χ4v) is 4.35. The fourth-order valence-electron chi connectivity index (χ4n) is 4.35. The van der Waals surface area contributed by atoms with Gasteiger partial charge >= 0.3 is 0 Å². The number of rotatable bonds is 6. The number of pyridine rings is 1. The zero-order valence-corrected chi connectivity index (χ0v) is 17.1. The number of aromatic amines is 2. The third-order valence-corrected chi connectivity index (χ3v) is 5.97. The van der Waals surface area contributed by atoms with Crippen molar-refractivity contribution in [3.8, 4) is 17.0 Å². The average Bonchev–Trinajstić information content (AvgIpc) is 3.20. The van der Waals surface area contributed by atoms with Gasteiger partial charge in [0.25, 0.3) is 5.56 Å². The number of para-hydroxylation sites is 1. The van der Waals surface area contributed by atoms with Crippen molar-refractivity contribution in [3.05, 3.63) is 65.0 Å². The van der Waals surface area contributed by atoms with E-state index in [2.05, 4.69) is 14.9 Å². The van der Waals surface area contributed by atoms with Crippen LogP contribution in [-0.4, -0.2) is 41.1 Å². The van der Waals surface area contributed by atoms with E-state index >= 15 is 0 Å². The maximum atomic E-state index is 12.6. The minimum absolute atomic E-state index is 0.0885. The Bertz CT molecular complexity index is 1220. The van der Waals surface area contributed by atoms with Crippen molar-refractivity contribution in [1.82, 2.24) is 14.9 Å². The van der Waals surface area contributed by atoms with Gasteiger partial charge in [-0.05, 0) is 74.1 Å². The molecule has 1 aliphatic rings. The van der Waals surface area contributed by atoms with Gasteiger partial charge in [-0.25, -0.2) is 0 Å². The average molecular weight is 402 g/mol.